The van der Waals surface area contributed by atoms with Crippen LogP contribution in [0.5, 0.6) is 0 Å². The van der Waals surface area contributed by atoms with Crippen molar-refractivity contribution >= 4 is 17.4 Å². The van der Waals surface area contributed by atoms with Gasteiger partial charge in [0, 0.05) is 17.7 Å². The van der Waals surface area contributed by atoms with Crippen molar-refractivity contribution in [3.05, 3.63) is 83.4 Å². The number of benzene rings is 2. The molecule has 0 saturated heterocycles. The highest BCUT2D eigenvalue weighted by molar-refractivity contribution is 6.28. The van der Waals surface area contributed by atoms with Crippen molar-refractivity contribution in [2.24, 2.45) is 0 Å². The average molecular weight is 305 g/mol. The Hall–Kier alpha value is -2.45. The van der Waals surface area contributed by atoms with Gasteiger partial charge >= 0.3 is 0 Å². The van der Waals surface area contributed by atoms with Crippen molar-refractivity contribution in [3.8, 4) is 0 Å². The fraction of sp³-hybridized carbons (Fsp3) is 0.190. The van der Waals surface area contributed by atoms with Gasteiger partial charge in [-0.15, -0.1) is 0 Å². The van der Waals surface area contributed by atoms with E-state index in [-0.39, 0.29) is 5.78 Å². The van der Waals surface area contributed by atoms with Crippen molar-refractivity contribution in [2.75, 3.05) is 20.6 Å². The molecule has 0 bridgehead atoms. The number of ketones is 1. The van der Waals surface area contributed by atoms with Crippen LogP contribution < -0.4 is 0 Å². The number of rotatable bonds is 6. The van der Waals surface area contributed by atoms with Crippen LogP contribution in [0.3, 0.4) is 0 Å². The normalized spacial score (nSPS) is 11.1. The Balaban J connectivity index is 2.09. The van der Waals surface area contributed by atoms with Gasteiger partial charge in [0.2, 0.25) is 0 Å². The largest absolute Gasteiger partial charge is 0.306 e. The molecule has 0 amide bonds. The van der Waals surface area contributed by atoms with E-state index in [4.69, 9.17) is 0 Å². The maximum absolute atomic E-state index is 12.5. The van der Waals surface area contributed by atoms with Crippen molar-refractivity contribution in [3.63, 3.8) is 0 Å². The molecule has 2 rings (SSSR count). The number of allylic oxidation sites excluding steroid dienone is 1. The molecule has 0 atom stereocenters. The van der Waals surface area contributed by atoms with Crippen molar-refractivity contribution in [2.45, 2.75) is 6.92 Å². The Morgan fingerprint density at radius 3 is 2.13 bits per heavy atom. The first-order valence-corrected chi connectivity index (χ1v) is 7.69. The molecule has 2 aromatic rings. The summed E-state index contributed by atoms with van der Waals surface area (Å²) in [5.74, 6) is -0.0299. The number of likely N-dealkylation sites (N-methyl/N-ethyl adjacent to an activating group) is 1. The van der Waals surface area contributed by atoms with E-state index in [1.165, 1.54) is 5.56 Å². The van der Waals surface area contributed by atoms with Gasteiger partial charge in [0.1, 0.15) is 0 Å². The van der Waals surface area contributed by atoms with E-state index in [1.807, 2.05) is 69.6 Å². The lowest BCUT2D eigenvalue weighted by Gasteiger charge is -2.07. The van der Waals surface area contributed by atoms with E-state index in [9.17, 15) is 4.79 Å². The summed E-state index contributed by atoms with van der Waals surface area (Å²) >= 11 is 0. The Bertz CT molecular complexity index is 707. The van der Waals surface area contributed by atoms with Gasteiger partial charge in [-0.25, -0.2) is 0 Å². The van der Waals surface area contributed by atoms with Gasteiger partial charge in [-0.1, -0.05) is 72.8 Å². The van der Waals surface area contributed by atoms with E-state index in [1.54, 1.807) is 0 Å². The molecular weight excluding hydrogens is 282 g/mol. The fourth-order valence-electron chi connectivity index (χ4n) is 2.21. The van der Waals surface area contributed by atoms with E-state index in [0.29, 0.717) is 11.1 Å². The second kappa shape index (κ2) is 7.70. The molecule has 0 spiro atoms. The van der Waals surface area contributed by atoms with Crippen molar-refractivity contribution in [1.29, 1.82) is 0 Å². The summed E-state index contributed by atoms with van der Waals surface area (Å²) in [5.41, 5.74) is 4.32. The van der Waals surface area contributed by atoms with E-state index < -0.39 is 0 Å². The Kier molecular flexibility index (Phi) is 5.67. The van der Waals surface area contributed by atoms with Gasteiger partial charge in [0.05, 0.1) is 0 Å². The Morgan fingerprint density at radius 1 is 1.00 bits per heavy atom. The summed E-state index contributed by atoms with van der Waals surface area (Å²) < 4.78 is 0. The van der Waals surface area contributed by atoms with Crippen LogP contribution in [-0.2, 0) is 0 Å². The molecule has 0 aliphatic rings. The predicted molar refractivity (Wildman–Crippen MR) is 98.6 cm³/mol. The molecule has 0 heterocycles. The van der Waals surface area contributed by atoms with E-state index >= 15 is 0 Å². The summed E-state index contributed by atoms with van der Waals surface area (Å²) in [4.78, 5) is 14.6. The maximum atomic E-state index is 12.5. The molecule has 0 saturated carbocycles. The number of nitrogens with zero attached hydrogens (tertiary/aromatic N) is 1. The first kappa shape index (κ1) is 16.9. The molecule has 0 unspecified atom stereocenters. The number of carbonyl (C=O) groups excluding carboxylic acids is 1. The molecule has 0 fully saturated rings. The molecular formula is C21H23NO. The first-order chi connectivity index (χ1) is 11.0. The molecule has 2 heteroatoms. The number of carbonyl (C=O) groups is 1. The second-order valence-corrected chi connectivity index (χ2v) is 5.96. The zero-order chi connectivity index (χ0) is 16.8. The Labute approximate surface area is 138 Å². The number of Topliss-reactive ketones (excluding diaryl/α,β-unsaturated/α-hetero) is 1. The third-order valence-corrected chi connectivity index (χ3v) is 3.63. The summed E-state index contributed by atoms with van der Waals surface area (Å²) in [6.07, 6.45) is 4.16. The van der Waals surface area contributed by atoms with Crippen molar-refractivity contribution < 1.29 is 4.79 Å². The van der Waals surface area contributed by atoms with E-state index in [0.717, 1.165) is 17.7 Å². The molecule has 0 aromatic heterocycles. The van der Waals surface area contributed by atoms with Gasteiger partial charge in [-0.3, -0.25) is 4.79 Å². The second-order valence-electron chi connectivity index (χ2n) is 5.96. The Morgan fingerprint density at radius 2 is 1.57 bits per heavy atom. The average Bonchev–Trinajstić information content (AvgIpc) is 2.54. The highest BCUT2D eigenvalue weighted by Gasteiger charge is 2.11. The summed E-state index contributed by atoms with van der Waals surface area (Å²) in [6, 6.07) is 15.5. The molecule has 2 nitrogen and oxygen atoms in total. The van der Waals surface area contributed by atoms with Gasteiger partial charge in [0.15, 0.2) is 5.78 Å². The lowest BCUT2D eigenvalue weighted by atomic mass is 9.97. The van der Waals surface area contributed by atoms with Crippen molar-refractivity contribution in [1.82, 2.24) is 4.90 Å². The van der Waals surface area contributed by atoms with Crippen LogP contribution in [0.2, 0.25) is 0 Å². The molecule has 0 radical (unpaired) electrons. The van der Waals surface area contributed by atoms with Gasteiger partial charge in [-0.05, 0) is 32.1 Å². The van der Waals surface area contributed by atoms with Crippen LogP contribution in [0.15, 0.2) is 61.2 Å². The molecule has 0 N–H and O–H groups in total. The van der Waals surface area contributed by atoms with Crippen LogP contribution in [0.1, 0.15) is 27.0 Å². The number of hydrogen-bond acceptors (Lipinski definition) is 2. The van der Waals surface area contributed by atoms with Gasteiger partial charge in [0.25, 0.3) is 0 Å². The zero-order valence-corrected chi connectivity index (χ0v) is 14.0. The summed E-state index contributed by atoms with van der Waals surface area (Å²) in [6.45, 7) is 6.87. The minimum atomic E-state index is -0.0299. The van der Waals surface area contributed by atoms with Crippen LogP contribution in [0.4, 0.5) is 0 Å². The molecule has 0 aliphatic carbocycles. The summed E-state index contributed by atoms with van der Waals surface area (Å²) in [7, 11) is 4.06. The minimum absolute atomic E-state index is 0.0299. The highest BCUT2D eigenvalue weighted by atomic mass is 16.1. The minimum Gasteiger partial charge on any atom is -0.306 e. The molecule has 2 aromatic carbocycles. The fourth-order valence-corrected chi connectivity index (χ4v) is 2.21. The zero-order valence-electron chi connectivity index (χ0n) is 14.0. The topological polar surface area (TPSA) is 20.3 Å². The van der Waals surface area contributed by atoms with Gasteiger partial charge in [-0.2, -0.15) is 0 Å². The number of hydrogen-bond donors (Lipinski definition) is 0. The van der Waals surface area contributed by atoms with Gasteiger partial charge < -0.3 is 4.90 Å². The monoisotopic (exact) mass is 305 g/mol. The first-order valence-electron chi connectivity index (χ1n) is 7.69. The highest BCUT2D eigenvalue weighted by Crippen LogP contribution is 2.19. The third kappa shape index (κ3) is 4.76. The smallest absolute Gasteiger partial charge is 0.193 e. The lowest BCUT2D eigenvalue weighted by molar-refractivity contribution is 0.105. The number of aryl methyl sites for hydroxylation is 1. The summed E-state index contributed by atoms with van der Waals surface area (Å²) in [5, 5.41) is 0. The molecule has 0 aliphatic heterocycles. The third-order valence-electron chi connectivity index (χ3n) is 3.63. The van der Waals surface area contributed by atoms with Crippen LogP contribution in [0, 0.1) is 6.92 Å². The van der Waals surface area contributed by atoms with Crippen LogP contribution >= 0.6 is 0 Å². The van der Waals surface area contributed by atoms with Crippen LogP contribution in [-0.4, -0.2) is 31.3 Å². The molecule has 118 valence electrons. The van der Waals surface area contributed by atoms with E-state index in [2.05, 4.69) is 23.6 Å². The maximum Gasteiger partial charge on any atom is 0.193 e. The SMILES string of the molecule is C=C(C(=O)c1ccc(/C=C/CN(C)C)cc1)c1ccc(C)cc1. The lowest BCUT2D eigenvalue weighted by Crippen LogP contribution is -2.10. The standard InChI is InChI=1S/C21H23NO/c1-16-7-11-19(12-8-16)17(2)21(23)20-13-9-18(10-14-20)6-5-15-22(3)4/h5-14H,2,15H2,1,3-4H3/b6-5+. The van der Waals surface area contributed by atoms with Crippen LogP contribution in [0.25, 0.3) is 11.6 Å². The quantitative estimate of drug-likeness (QED) is 0.580. The predicted octanol–water partition coefficient (Wildman–Crippen LogP) is 4.47. The molecule has 23 heavy (non-hydrogen) atoms.